The van der Waals surface area contributed by atoms with Crippen molar-refractivity contribution in [1.82, 2.24) is 0 Å². The Morgan fingerprint density at radius 2 is 1.84 bits per heavy atom. The summed E-state index contributed by atoms with van der Waals surface area (Å²) in [5.74, 6) is -0.839. The molecule has 0 bridgehead atoms. The quantitative estimate of drug-likeness (QED) is 0.514. The zero-order chi connectivity index (χ0) is 13.8. The summed E-state index contributed by atoms with van der Waals surface area (Å²) in [7, 11) is 0. The van der Waals surface area contributed by atoms with Crippen LogP contribution in [0.25, 0.3) is 11.3 Å². The number of primary amides is 1. The Labute approximate surface area is 108 Å². The third-order valence-electron chi connectivity index (χ3n) is 2.48. The van der Waals surface area contributed by atoms with Crippen LogP contribution in [0.15, 0.2) is 53.1 Å². The summed E-state index contributed by atoms with van der Waals surface area (Å²) >= 11 is 0. The zero-order valence-corrected chi connectivity index (χ0v) is 9.78. The van der Waals surface area contributed by atoms with Crippen LogP contribution in [0.2, 0.25) is 0 Å². The summed E-state index contributed by atoms with van der Waals surface area (Å²) in [5, 5.41) is 11.2. The fraction of sp³-hybridized carbons (Fsp3) is 0. The van der Waals surface area contributed by atoms with Crippen molar-refractivity contribution in [2.45, 2.75) is 0 Å². The molecular weight excluding hydrogens is 248 g/mol. The third kappa shape index (κ3) is 2.52. The summed E-state index contributed by atoms with van der Waals surface area (Å²) < 4.78 is 5.05. The molecule has 1 amide bonds. The van der Waals surface area contributed by atoms with Gasteiger partial charge in [-0.15, -0.1) is 0 Å². The van der Waals surface area contributed by atoms with Crippen molar-refractivity contribution in [3.05, 3.63) is 70.2 Å². The Balaban J connectivity index is 2.72. The van der Waals surface area contributed by atoms with Gasteiger partial charge in [-0.2, -0.15) is 0 Å². The van der Waals surface area contributed by atoms with E-state index in [4.69, 9.17) is 10.2 Å². The van der Waals surface area contributed by atoms with E-state index in [0.29, 0.717) is 0 Å². The van der Waals surface area contributed by atoms with Gasteiger partial charge in [0.25, 0.3) is 11.6 Å². The van der Waals surface area contributed by atoms with Gasteiger partial charge in [0.2, 0.25) is 0 Å². The van der Waals surface area contributed by atoms with Gasteiger partial charge in [0.05, 0.1) is 16.7 Å². The minimum atomic E-state index is -0.912. The minimum Gasteiger partial charge on any atom is -0.464 e. The van der Waals surface area contributed by atoms with Crippen LogP contribution >= 0.6 is 0 Å². The predicted molar refractivity (Wildman–Crippen MR) is 68.2 cm³/mol. The number of carbonyl (C=O) groups excluding carboxylic acids is 1. The highest BCUT2D eigenvalue weighted by Crippen LogP contribution is 2.26. The monoisotopic (exact) mass is 258 g/mol. The van der Waals surface area contributed by atoms with Crippen molar-refractivity contribution >= 4 is 17.2 Å². The Kier molecular flexibility index (Phi) is 3.42. The summed E-state index contributed by atoms with van der Waals surface area (Å²) in [6, 6.07) is 11.0. The van der Waals surface area contributed by atoms with Crippen LogP contribution in [0.1, 0.15) is 11.3 Å². The first-order valence-electron chi connectivity index (χ1n) is 5.39. The van der Waals surface area contributed by atoms with Gasteiger partial charge in [-0.25, -0.2) is 0 Å². The number of amides is 1. The van der Waals surface area contributed by atoms with Crippen molar-refractivity contribution in [2.24, 2.45) is 5.73 Å². The fourth-order valence-corrected chi connectivity index (χ4v) is 1.71. The van der Waals surface area contributed by atoms with Gasteiger partial charge >= 0.3 is 0 Å². The van der Waals surface area contributed by atoms with Crippen molar-refractivity contribution < 1.29 is 14.1 Å². The molecule has 2 N–H and O–H groups in total. The van der Waals surface area contributed by atoms with Crippen LogP contribution in [0.4, 0.5) is 0 Å². The van der Waals surface area contributed by atoms with Crippen LogP contribution in [-0.4, -0.2) is 10.8 Å². The van der Waals surface area contributed by atoms with Crippen molar-refractivity contribution in [3.8, 4) is 0 Å². The summed E-state index contributed by atoms with van der Waals surface area (Å²) in [6.45, 7) is 0. The Morgan fingerprint density at radius 3 is 2.32 bits per heavy atom. The summed E-state index contributed by atoms with van der Waals surface area (Å²) in [6.07, 6.45) is 1.32. The number of carbonyl (C=O) groups is 1. The molecule has 0 saturated carbocycles. The Bertz CT molecular complexity index is 630. The number of benzene rings is 1. The van der Waals surface area contributed by atoms with Gasteiger partial charge in [0.1, 0.15) is 5.76 Å². The van der Waals surface area contributed by atoms with E-state index >= 15 is 0 Å². The molecular formula is C13H10N2O4. The lowest BCUT2D eigenvalue weighted by atomic mass is 10.0. The maximum Gasteiger partial charge on any atom is 0.293 e. The van der Waals surface area contributed by atoms with E-state index in [1.807, 2.05) is 0 Å². The second-order valence-corrected chi connectivity index (χ2v) is 3.69. The van der Waals surface area contributed by atoms with Gasteiger partial charge < -0.3 is 10.2 Å². The van der Waals surface area contributed by atoms with E-state index < -0.39 is 10.8 Å². The first-order chi connectivity index (χ1) is 9.11. The number of nitrogens with zero attached hydrogens (tertiary/aromatic N) is 1. The number of nitrogens with two attached hydrogens (primary N) is 1. The highest BCUT2D eigenvalue weighted by Gasteiger charge is 2.27. The van der Waals surface area contributed by atoms with Crippen LogP contribution in [0.5, 0.6) is 0 Å². The lowest BCUT2D eigenvalue weighted by Crippen LogP contribution is -2.17. The van der Waals surface area contributed by atoms with Crippen LogP contribution in [0, 0.1) is 10.1 Å². The van der Waals surface area contributed by atoms with Crippen LogP contribution in [0.3, 0.4) is 0 Å². The van der Waals surface area contributed by atoms with E-state index in [9.17, 15) is 14.9 Å². The number of hydrogen-bond acceptors (Lipinski definition) is 4. The number of furan rings is 1. The molecule has 0 aliphatic heterocycles. The minimum absolute atomic E-state index is 0.0723. The molecule has 0 fully saturated rings. The molecule has 1 heterocycles. The molecule has 6 heteroatoms. The molecule has 2 rings (SSSR count). The Morgan fingerprint density at radius 1 is 1.16 bits per heavy atom. The van der Waals surface area contributed by atoms with Gasteiger partial charge in [-0.3, -0.25) is 14.9 Å². The number of nitro groups is 1. The molecule has 0 aliphatic rings. The topological polar surface area (TPSA) is 99.4 Å². The lowest BCUT2D eigenvalue weighted by molar-refractivity contribution is -0.374. The van der Waals surface area contributed by atoms with Crippen molar-refractivity contribution in [2.75, 3.05) is 0 Å². The largest absolute Gasteiger partial charge is 0.464 e. The average molecular weight is 258 g/mol. The van der Waals surface area contributed by atoms with Gasteiger partial charge in [0.15, 0.2) is 5.57 Å². The Hall–Kier alpha value is -2.89. The molecule has 0 saturated heterocycles. The van der Waals surface area contributed by atoms with E-state index in [1.165, 1.54) is 30.5 Å². The summed E-state index contributed by atoms with van der Waals surface area (Å²) in [5.41, 5.74) is 4.91. The first kappa shape index (κ1) is 12.6. The molecule has 19 heavy (non-hydrogen) atoms. The molecule has 1 aromatic carbocycles. The fourth-order valence-electron chi connectivity index (χ4n) is 1.71. The predicted octanol–water partition coefficient (Wildman–Crippen LogP) is 1.91. The number of rotatable bonds is 4. The van der Waals surface area contributed by atoms with E-state index in [1.54, 1.807) is 18.2 Å². The van der Waals surface area contributed by atoms with E-state index in [0.717, 1.165) is 0 Å². The second kappa shape index (κ2) is 5.18. The van der Waals surface area contributed by atoms with Gasteiger partial charge in [-0.1, -0.05) is 18.2 Å². The smallest absolute Gasteiger partial charge is 0.293 e. The SMILES string of the molecule is NC(=O)C(=C(c1ccccc1)[N+](=O)[O-])c1ccco1. The van der Waals surface area contributed by atoms with Gasteiger partial charge in [0, 0.05) is 0 Å². The molecule has 0 spiro atoms. The average Bonchev–Trinajstić information content (AvgIpc) is 2.89. The van der Waals surface area contributed by atoms with E-state index in [-0.39, 0.29) is 22.6 Å². The molecule has 2 aromatic rings. The molecule has 0 aliphatic carbocycles. The maximum atomic E-state index is 11.5. The van der Waals surface area contributed by atoms with Crippen LogP contribution < -0.4 is 5.73 Å². The first-order valence-corrected chi connectivity index (χ1v) is 5.39. The zero-order valence-electron chi connectivity index (χ0n) is 9.78. The third-order valence-corrected chi connectivity index (χ3v) is 2.48. The van der Waals surface area contributed by atoms with Crippen molar-refractivity contribution in [1.29, 1.82) is 0 Å². The number of hydrogen-bond donors (Lipinski definition) is 1. The lowest BCUT2D eigenvalue weighted by Gasteiger charge is -2.03. The van der Waals surface area contributed by atoms with Crippen molar-refractivity contribution in [3.63, 3.8) is 0 Å². The van der Waals surface area contributed by atoms with E-state index in [2.05, 4.69) is 0 Å². The highest BCUT2D eigenvalue weighted by molar-refractivity contribution is 6.24. The normalized spacial score (nSPS) is 11.8. The highest BCUT2D eigenvalue weighted by atomic mass is 16.6. The second-order valence-electron chi connectivity index (χ2n) is 3.69. The molecule has 1 aromatic heterocycles. The molecule has 0 unspecified atom stereocenters. The van der Waals surface area contributed by atoms with Crippen LogP contribution in [-0.2, 0) is 4.79 Å². The van der Waals surface area contributed by atoms with Gasteiger partial charge in [-0.05, 0) is 24.3 Å². The summed E-state index contributed by atoms with van der Waals surface area (Å²) in [4.78, 5) is 22.1. The molecule has 0 radical (unpaired) electrons. The molecule has 0 atom stereocenters. The maximum absolute atomic E-state index is 11.5. The standard InChI is InChI=1S/C13H10N2O4/c14-13(16)11(10-7-4-8-19-10)12(15(17)18)9-5-2-1-3-6-9/h1-8H,(H2,14,16). The molecule has 96 valence electrons. The molecule has 6 nitrogen and oxygen atoms in total.